The maximum atomic E-state index is 12.6. The molecule has 0 aromatic heterocycles. The third-order valence-electron chi connectivity index (χ3n) is 3.70. The van der Waals surface area contributed by atoms with Crippen molar-refractivity contribution in [1.29, 1.82) is 0 Å². The van der Waals surface area contributed by atoms with Gasteiger partial charge in [-0.3, -0.25) is 4.79 Å². The number of nitrogens with one attached hydrogen (secondary N) is 1. The zero-order chi connectivity index (χ0) is 14.2. The zero-order valence-electron chi connectivity index (χ0n) is 10.7. The van der Waals surface area contributed by atoms with Gasteiger partial charge in [0.2, 0.25) is 5.91 Å². The molecule has 0 radical (unpaired) electrons. The highest BCUT2D eigenvalue weighted by molar-refractivity contribution is 6.34. The summed E-state index contributed by atoms with van der Waals surface area (Å²) in [4.78, 5) is 12.6. The Bertz CT molecular complexity index is 665. The second kappa shape index (κ2) is 5.12. The third kappa shape index (κ3) is 2.30. The van der Waals surface area contributed by atoms with Gasteiger partial charge in [0.15, 0.2) is 0 Å². The molecule has 3 rings (SSSR count). The van der Waals surface area contributed by atoms with E-state index < -0.39 is 5.41 Å². The van der Waals surface area contributed by atoms with Gasteiger partial charge in [-0.25, -0.2) is 0 Å². The van der Waals surface area contributed by atoms with Crippen molar-refractivity contribution in [1.82, 2.24) is 0 Å². The van der Waals surface area contributed by atoms with Gasteiger partial charge >= 0.3 is 0 Å². The fourth-order valence-corrected chi connectivity index (χ4v) is 2.90. The molecule has 1 fully saturated rings. The summed E-state index contributed by atoms with van der Waals surface area (Å²) in [5.41, 5.74) is 1.03. The monoisotopic (exact) mass is 305 g/mol. The number of halogens is 2. The van der Waals surface area contributed by atoms with E-state index in [-0.39, 0.29) is 5.91 Å². The van der Waals surface area contributed by atoms with Crippen LogP contribution >= 0.6 is 23.2 Å². The topological polar surface area (TPSA) is 29.1 Å². The van der Waals surface area contributed by atoms with E-state index >= 15 is 0 Å². The molecule has 0 aliphatic heterocycles. The first-order valence-electron chi connectivity index (χ1n) is 6.44. The summed E-state index contributed by atoms with van der Waals surface area (Å²) < 4.78 is 0. The lowest BCUT2D eigenvalue weighted by atomic mass is 9.95. The molecule has 2 aromatic carbocycles. The summed E-state index contributed by atoms with van der Waals surface area (Å²) in [5.74, 6) is -0.0429. The Kier molecular flexibility index (Phi) is 3.45. The normalized spacial score (nSPS) is 15.7. The molecule has 1 N–H and O–H groups in total. The molecule has 102 valence electrons. The molecule has 0 heterocycles. The molecule has 1 amide bonds. The number of carbonyl (C=O) groups is 1. The molecule has 0 unspecified atom stereocenters. The number of carbonyl (C=O) groups excluding carboxylic acids is 1. The van der Waals surface area contributed by atoms with Crippen molar-refractivity contribution < 1.29 is 4.79 Å². The van der Waals surface area contributed by atoms with E-state index in [4.69, 9.17) is 23.2 Å². The lowest BCUT2D eigenvalue weighted by Crippen LogP contribution is -2.28. The highest BCUT2D eigenvalue weighted by Gasteiger charge is 2.52. The van der Waals surface area contributed by atoms with Gasteiger partial charge in [0.25, 0.3) is 0 Å². The predicted molar refractivity (Wildman–Crippen MR) is 82.4 cm³/mol. The van der Waals surface area contributed by atoms with E-state index in [0.717, 1.165) is 18.4 Å². The van der Waals surface area contributed by atoms with E-state index in [0.29, 0.717) is 15.7 Å². The van der Waals surface area contributed by atoms with Gasteiger partial charge in [0.1, 0.15) is 0 Å². The zero-order valence-corrected chi connectivity index (χ0v) is 12.2. The molecule has 0 bridgehead atoms. The number of anilines is 1. The molecule has 2 aromatic rings. The molecule has 0 atom stereocenters. The van der Waals surface area contributed by atoms with Gasteiger partial charge < -0.3 is 5.32 Å². The van der Waals surface area contributed by atoms with Crippen LogP contribution in [0.5, 0.6) is 0 Å². The molecular formula is C16H13Cl2NO. The molecule has 1 aliphatic carbocycles. The van der Waals surface area contributed by atoms with Crippen LogP contribution in [0, 0.1) is 0 Å². The van der Waals surface area contributed by atoms with E-state index in [2.05, 4.69) is 5.32 Å². The van der Waals surface area contributed by atoms with Gasteiger partial charge in [0, 0.05) is 5.02 Å². The van der Waals surface area contributed by atoms with Crippen molar-refractivity contribution in [3.05, 3.63) is 64.1 Å². The summed E-state index contributed by atoms with van der Waals surface area (Å²) in [7, 11) is 0. The van der Waals surface area contributed by atoms with Gasteiger partial charge in [0.05, 0.1) is 16.1 Å². The molecule has 0 saturated heterocycles. The average molecular weight is 306 g/mol. The van der Waals surface area contributed by atoms with Crippen LogP contribution in [0.15, 0.2) is 48.5 Å². The van der Waals surface area contributed by atoms with E-state index in [1.807, 2.05) is 36.4 Å². The minimum atomic E-state index is -0.502. The van der Waals surface area contributed by atoms with Gasteiger partial charge in [-0.15, -0.1) is 0 Å². The number of benzene rings is 2. The Morgan fingerprint density at radius 1 is 0.950 bits per heavy atom. The molecule has 20 heavy (non-hydrogen) atoms. The minimum absolute atomic E-state index is 0.0429. The maximum absolute atomic E-state index is 12.6. The van der Waals surface area contributed by atoms with Crippen molar-refractivity contribution in [2.24, 2.45) is 0 Å². The smallest absolute Gasteiger partial charge is 0.235 e. The van der Waals surface area contributed by atoms with Crippen LogP contribution in [0.25, 0.3) is 0 Å². The van der Waals surface area contributed by atoms with E-state index in [9.17, 15) is 4.79 Å². The molecular weight excluding hydrogens is 293 g/mol. The minimum Gasteiger partial charge on any atom is -0.324 e. The SMILES string of the molecule is O=C(Nc1ccccc1Cl)C1(c2ccccc2Cl)CC1. The van der Waals surface area contributed by atoms with Crippen molar-refractivity contribution in [2.45, 2.75) is 18.3 Å². The van der Waals surface area contributed by atoms with Crippen LogP contribution in [0.2, 0.25) is 10.0 Å². The first-order valence-corrected chi connectivity index (χ1v) is 7.20. The predicted octanol–water partition coefficient (Wildman–Crippen LogP) is 4.66. The van der Waals surface area contributed by atoms with Gasteiger partial charge in [-0.2, -0.15) is 0 Å². The van der Waals surface area contributed by atoms with Gasteiger partial charge in [-0.05, 0) is 36.6 Å². The van der Waals surface area contributed by atoms with Crippen LogP contribution in [-0.2, 0) is 10.2 Å². The number of hydrogen-bond donors (Lipinski definition) is 1. The van der Waals surface area contributed by atoms with Crippen molar-refractivity contribution in [3.8, 4) is 0 Å². The molecule has 1 saturated carbocycles. The Labute approximate surface area is 127 Å². The standard InChI is InChI=1S/C16H13Cl2NO/c17-12-6-2-1-5-11(12)16(9-10-16)15(20)19-14-8-4-3-7-13(14)18/h1-8H,9-10H2,(H,19,20). The van der Waals surface area contributed by atoms with E-state index in [1.54, 1.807) is 12.1 Å². The quantitative estimate of drug-likeness (QED) is 0.877. The van der Waals surface area contributed by atoms with Gasteiger partial charge in [-0.1, -0.05) is 53.5 Å². The van der Waals surface area contributed by atoms with E-state index in [1.165, 1.54) is 0 Å². The second-order valence-electron chi connectivity index (χ2n) is 5.00. The fourth-order valence-electron chi connectivity index (χ4n) is 2.40. The molecule has 2 nitrogen and oxygen atoms in total. The summed E-state index contributed by atoms with van der Waals surface area (Å²) >= 11 is 12.3. The van der Waals surface area contributed by atoms with Crippen molar-refractivity contribution in [3.63, 3.8) is 0 Å². The maximum Gasteiger partial charge on any atom is 0.235 e. The van der Waals surface area contributed by atoms with Crippen LogP contribution < -0.4 is 5.32 Å². The van der Waals surface area contributed by atoms with Crippen LogP contribution in [0.3, 0.4) is 0 Å². The highest BCUT2D eigenvalue weighted by atomic mass is 35.5. The Balaban J connectivity index is 1.88. The second-order valence-corrected chi connectivity index (χ2v) is 5.81. The Morgan fingerprint density at radius 3 is 2.15 bits per heavy atom. The Morgan fingerprint density at radius 2 is 1.55 bits per heavy atom. The number of para-hydroxylation sites is 1. The molecule has 4 heteroatoms. The lowest BCUT2D eigenvalue weighted by Gasteiger charge is -2.17. The van der Waals surface area contributed by atoms with Crippen molar-refractivity contribution >= 4 is 34.8 Å². The lowest BCUT2D eigenvalue weighted by molar-refractivity contribution is -0.118. The summed E-state index contributed by atoms with van der Waals surface area (Å²) in [6.07, 6.45) is 1.63. The average Bonchev–Trinajstić information content (AvgIpc) is 3.23. The van der Waals surface area contributed by atoms with Crippen LogP contribution in [-0.4, -0.2) is 5.91 Å². The highest BCUT2D eigenvalue weighted by Crippen LogP contribution is 2.51. The van der Waals surface area contributed by atoms with Crippen LogP contribution in [0.1, 0.15) is 18.4 Å². The fraction of sp³-hybridized carbons (Fsp3) is 0.188. The summed E-state index contributed by atoms with van der Waals surface area (Å²) in [5, 5.41) is 4.09. The number of rotatable bonds is 3. The van der Waals surface area contributed by atoms with Crippen LogP contribution in [0.4, 0.5) is 5.69 Å². The number of amides is 1. The summed E-state index contributed by atoms with van der Waals surface area (Å²) in [6, 6.07) is 14.7. The molecule has 0 spiro atoms. The third-order valence-corrected chi connectivity index (χ3v) is 4.36. The first-order chi connectivity index (χ1) is 9.63. The largest absolute Gasteiger partial charge is 0.324 e. The first kappa shape index (κ1) is 13.5. The van der Waals surface area contributed by atoms with Crippen molar-refractivity contribution in [2.75, 3.05) is 5.32 Å². The number of hydrogen-bond acceptors (Lipinski definition) is 1. The molecule has 1 aliphatic rings. The Hall–Kier alpha value is -1.51. The summed E-state index contributed by atoms with van der Waals surface area (Å²) in [6.45, 7) is 0.